The van der Waals surface area contributed by atoms with E-state index in [1.54, 1.807) is 0 Å². The minimum Gasteiger partial charge on any atom is -0.370 e. The third kappa shape index (κ3) is 6.00. The van der Waals surface area contributed by atoms with Crippen LogP contribution in [0.2, 0.25) is 0 Å². The second-order valence-electron chi connectivity index (χ2n) is 6.12. The van der Waals surface area contributed by atoms with Gasteiger partial charge in [-0.15, -0.1) is 24.0 Å². The number of piperidine rings is 2. The van der Waals surface area contributed by atoms with E-state index < -0.39 is 0 Å². The third-order valence-electron chi connectivity index (χ3n) is 4.29. The summed E-state index contributed by atoms with van der Waals surface area (Å²) in [4.78, 5) is 20.5. The molecule has 0 saturated carbocycles. The highest BCUT2D eigenvalue weighted by molar-refractivity contribution is 14.0. The van der Waals surface area contributed by atoms with Gasteiger partial charge < -0.3 is 15.5 Å². The van der Waals surface area contributed by atoms with Gasteiger partial charge in [-0.1, -0.05) is 6.92 Å². The summed E-state index contributed by atoms with van der Waals surface area (Å²) in [6.45, 7) is 6.60. The fourth-order valence-electron chi connectivity index (χ4n) is 3.07. The monoisotopic (exact) mass is 408 g/mol. The number of rotatable bonds is 3. The molecule has 2 rings (SSSR count). The molecule has 0 aliphatic carbocycles. The molecule has 2 saturated heterocycles. The maximum absolute atomic E-state index is 12.0. The summed E-state index contributed by atoms with van der Waals surface area (Å²) >= 11 is 0. The minimum atomic E-state index is 0. The van der Waals surface area contributed by atoms with Gasteiger partial charge in [0.25, 0.3) is 0 Å². The zero-order valence-corrected chi connectivity index (χ0v) is 15.4. The summed E-state index contributed by atoms with van der Waals surface area (Å²) in [7, 11) is 0. The maximum Gasteiger partial charge on any atom is 0.224 e. The van der Waals surface area contributed by atoms with E-state index in [4.69, 9.17) is 5.73 Å². The molecule has 1 amide bonds. The van der Waals surface area contributed by atoms with Crippen LogP contribution in [-0.4, -0.2) is 54.4 Å². The number of hydrogen-bond donors (Lipinski definition) is 1. The Morgan fingerprint density at radius 1 is 1.14 bits per heavy atom. The molecule has 0 aromatic rings. The fourth-order valence-corrected chi connectivity index (χ4v) is 3.07. The summed E-state index contributed by atoms with van der Waals surface area (Å²) in [6.07, 6.45) is 6.49. The van der Waals surface area contributed by atoms with E-state index in [0.29, 0.717) is 24.8 Å². The predicted octanol–water partition coefficient (Wildman–Crippen LogP) is 2.05. The van der Waals surface area contributed by atoms with Gasteiger partial charge in [0.1, 0.15) is 0 Å². The number of nitrogens with zero attached hydrogens (tertiary/aromatic N) is 3. The van der Waals surface area contributed by atoms with Crippen LogP contribution in [0.1, 0.15) is 45.4 Å². The lowest BCUT2D eigenvalue weighted by Gasteiger charge is -2.31. The molecule has 5 nitrogen and oxygen atoms in total. The first-order valence-corrected chi connectivity index (χ1v) is 7.99. The molecule has 122 valence electrons. The lowest BCUT2D eigenvalue weighted by atomic mass is 10.0. The van der Waals surface area contributed by atoms with Gasteiger partial charge in [-0.25, -0.2) is 0 Å². The number of carbonyl (C=O) groups is 1. The number of halogens is 1. The number of nitrogens with two attached hydrogens (primary N) is 1. The summed E-state index contributed by atoms with van der Waals surface area (Å²) in [5.41, 5.74) is 6.03. The topological polar surface area (TPSA) is 61.9 Å². The molecule has 1 unspecified atom stereocenters. The lowest BCUT2D eigenvalue weighted by Crippen LogP contribution is -2.43. The van der Waals surface area contributed by atoms with Crippen LogP contribution in [0, 0.1) is 5.92 Å². The van der Waals surface area contributed by atoms with E-state index >= 15 is 0 Å². The highest BCUT2D eigenvalue weighted by atomic mass is 127. The van der Waals surface area contributed by atoms with Crippen LogP contribution in [0.3, 0.4) is 0 Å². The third-order valence-corrected chi connectivity index (χ3v) is 4.29. The Bertz CT molecular complexity index is 356. The highest BCUT2D eigenvalue weighted by Gasteiger charge is 2.18. The molecule has 6 heteroatoms. The zero-order chi connectivity index (χ0) is 14.4. The first-order valence-electron chi connectivity index (χ1n) is 7.99. The maximum atomic E-state index is 12.0. The van der Waals surface area contributed by atoms with Crippen molar-refractivity contribution in [2.45, 2.75) is 45.4 Å². The van der Waals surface area contributed by atoms with E-state index in [1.807, 2.05) is 4.90 Å². The van der Waals surface area contributed by atoms with Crippen LogP contribution in [-0.2, 0) is 4.79 Å². The van der Waals surface area contributed by atoms with Gasteiger partial charge in [0.2, 0.25) is 5.91 Å². The van der Waals surface area contributed by atoms with Gasteiger partial charge in [0, 0.05) is 32.6 Å². The molecule has 0 bridgehead atoms. The average molecular weight is 408 g/mol. The first-order chi connectivity index (χ1) is 9.66. The minimum absolute atomic E-state index is 0. The molecule has 0 aromatic heterocycles. The molecule has 2 aliphatic heterocycles. The molecule has 2 fully saturated rings. The quantitative estimate of drug-likeness (QED) is 0.442. The average Bonchev–Trinajstić information content (AvgIpc) is 2.48. The SMILES string of the molecule is CC1CCCN(C(N)=NCCC(=O)N2CCCCC2)C1.I. The highest BCUT2D eigenvalue weighted by Crippen LogP contribution is 2.15. The smallest absolute Gasteiger partial charge is 0.224 e. The second kappa shape index (κ2) is 9.48. The first kappa shape index (κ1) is 18.5. The number of amides is 1. The Morgan fingerprint density at radius 3 is 2.48 bits per heavy atom. The zero-order valence-electron chi connectivity index (χ0n) is 13.1. The van der Waals surface area contributed by atoms with Gasteiger partial charge in [-0.2, -0.15) is 0 Å². The Labute approximate surface area is 145 Å². The van der Waals surface area contributed by atoms with Crippen molar-refractivity contribution in [2.75, 3.05) is 32.7 Å². The summed E-state index contributed by atoms with van der Waals surface area (Å²) in [6, 6.07) is 0. The fraction of sp³-hybridized carbons (Fsp3) is 0.867. The Morgan fingerprint density at radius 2 is 1.81 bits per heavy atom. The summed E-state index contributed by atoms with van der Waals surface area (Å²) < 4.78 is 0. The predicted molar refractivity (Wildman–Crippen MR) is 96.9 cm³/mol. The van der Waals surface area contributed by atoms with Crippen molar-refractivity contribution in [1.82, 2.24) is 9.80 Å². The number of hydrogen-bond acceptors (Lipinski definition) is 2. The van der Waals surface area contributed by atoms with Crippen molar-refractivity contribution in [2.24, 2.45) is 16.6 Å². The Balaban J connectivity index is 0.00000220. The normalized spacial score (nSPS) is 23.7. The molecule has 2 N–H and O–H groups in total. The number of aliphatic imine (C=N–C) groups is 1. The van der Waals surface area contributed by atoms with Crippen LogP contribution < -0.4 is 5.73 Å². The van der Waals surface area contributed by atoms with Crippen molar-refractivity contribution < 1.29 is 4.79 Å². The van der Waals surface area contributed by atoms with Crippen LogP contribution in [0.4, 0.5) is 0 Å². The van der Waals surface area contributed by atoms with E-state index in [2.05, 4.69) is 16.8 Å². The molecule has 21 heavy (non-hydrogen) atoms. The van der Waals surface area contributed by atoms with Crippen molar-refractivity contribution >= 4 is 35.8 Å². The lowest BCUT2D eigenvalue weighted by molar-refractivity contribution is -0.131. The Hall–Kier alpha value is -0.530. The largest absolute Gasteiger partial charge is 0.370 e. The van der Waals surface area contributed by atoms with Crippen molar-refractivity contribution in [1.29, 1.82) is 0 Å². The summed E-state index contributed by atoms with van der Waals surface area (Å²) in [5.74, 6) is 1.53. The molecule has 0 radical (unpaired) electrons. The van der Waals surface area contributed by atoms with Crippen LogP contribution in [0.25, 0.3) is 0 Å². The van der Waals surface area contributed by atoms with Crippen LogP contribution >= 0.6 is 24.0 Å². The van der Waals surface area contributed by atoms with Crippen molar-refractivity contribution in [3.8, 4) is 0 Å². The van der Waals surface area contributed by atoms with Gasteiger partial charge in [-0.3, -0.25) is 9.79 Å². The van der Waals surface area contributed by atoms with Gasteiger partial charge in [0.05, 0.1) is 6.54 Å². The van der Waals surface area contributed by atoms with E-state index in [1.165, 1.54) is 19.3 Å². The standard InChI is InChI=1S/C15H28N4O.HI/c1-13-6-5-11-19(12-13)15(16)17-8-7-14(20)18-9-3-2-4-10-18;/h13H,2-12H2,1H3,(H2,16,17);1H. The number of likely N-dealkylation sites (tertiary alicyclic amines) is 2. The molecule has 1 atom stereocenters. The van der Waals surface area contributed by atoms with Gasteiger partial charge in [0.15, 0.2) is 5.96 Å². The summed E-state index contributed by atoms with van der Waals surface area (Å²) in [5, 5.41) is 0. The van der Waals surface area contributed by atoms with E-state index in [-0.39, 0.29) is 29.9 Å². The van der Waals surface area contributed by atoms with Crippen LogP contribution in [0.15, 0.2) is 4.99 Å². The Kier molecular flexibility index (Phi) is 8.36. The molecular weight excluding hydrogens is 379 g/mol. The number of guanidine groups is 1. The van der Waals surface area contributed by atoms with Crippen LogP contribution in [0.5, 0.6) is 0 Å². The molecular formula is C15H29IN4O. The van der Waals surface area contributed by atoms with E-state index in [0.717, 1.165) is 39.0 Å². The molecule has 2 aliphatic rings. The number of carbonyl (C=O) groups excluding carboxylic acids is 1. The van der Waals surface area contributed by atoms with Gasteiger partial charge in [-0.05, 0) is 38.0 Å². The molecule has 0 spiro atoms. The molecule has 0 aromatic carbocycles. The second-order valence-corrected chi connectivity index (χ2v) is 6.12. The van der Waals surface area contributed by atoms with E-state index in [9.17, 15) is 4.79 Å². The van der Waals surface area contributed by atoms with Crippen molar-refractivity contribution in [3.05, 3.63) is 0 Å². The van der Waals surface area contributed by atoms with Gasteiger partial charge >= 0.3 is 0 Å². The van der Waals surface area contributed by atoms with Crippen molar-refractivity contribution in [3.63, 3.8) is 0 Å². The molecule has 2 heterocycles.